The molecule has 2 aromatic carbocycles. The third kappa shape index (κ3) is 5.44. The predicted molar refractivity (Wildman–Crippen MR) is 91.9 cm³/mol. The summed E-state index contributed by atoms with van der Waals surface area (Å²) in [4.78, 5) is 1.28. The molecule has 0 atom stereocenters. The first kappa shape index (κ1) is 16.5. The van der Waals surface area contributed by atoms with Gasteiger partial charge in [-0.25, -0.2) is 0 Å². The second-order valence-corrected chi connectivity index (χ2v) is 6.14. The lowest BCUT2D eigenvalue weighted by molar-refractivity contribution is 0.313. The third-order valence-electron chi connectivity index (χ3n) is 2.93. The molecule has 0 aliphatic rings. The summed E-state index contributed by atoms with van der Waals surface area (Å²) in [5.41, 5.74) is 1.27. The van der Waals surface area contributed by atoms with E-state index in [2.05, 4.69) is 35.8 Å². The minimum Gasteiger partial charge on any atom is -0.492 e. The molecule has 0 unspecified atom stereocenters. The van der Waals surface area contributed by atoms with Crippen LogP contribution in [0.3, 0.4) is 0 Å². The largest absolute Gasteiger partial charge is 0.492 e. The highest BCUT2D eigenvalue weighted by molar-refractivity contribution is 7.98. The predicted octanol–water partition coefficient (Wildman–Crippen LogP) is 4.88. The molecular weight excluding hydrogens is 325 g/mol. The molecule has 1 N–H and O–H groups in total. The van der Waals surface area contributed by atoms with Gasteiger partial charge in [0.2, 0.25) is 0 Å². The van der Waals surface area contributed by atoms with E-state index in [1.165, 1.54) is 10.5 Å². The van der Waals surface area contributed by atoms with E-state index in [1.807, 2.05) is 6.07 Å². The van der Waals surface area contributed by atoms with E-state index in [9.17, 15) is 0 Å². The number of thioether (sulfide) groups is 1. The Kier molecular flexibility index (Phi) is 6.71. The number of rotatable bonds is 7. The fourth-order valence-electron chi connectivity index (χ4n) is 1.78. The Labute approximate surface area is 139 Å². The molecule has 0 heterocycles. The molecule has 2 nitrogen and oxygen atoms in total. The SMILES string of the molecule is CSc1ccc(CNCCOc2ccc(Cl)c(Cl)c2)cc1. The van der Waals surface area contributed by atoms with E-state index < -0.39 is 0 Å². The molecule has 0 aliphatic heterocycles. The number of hydrogen-bond donors (Lipinski definition) is 1. The van der Waals surface area contributed by atoms with Gasteiger partial charge in [0.05, 0.1) is 10.0 Å². The van der Waals surface area contributed by atoms with Crippen LogP contribution in [0.4, 0.5) is 0 Å². The first-order chi connectivity index (χ1) is 10.2. The molecule has 0 saturated heterocycles. The maximum atomic E-state index is 5.93. The zero-order chi connectivity index (χ0) is 15.1. The van der Waals surface area contributed by atoms with Gasteiger partial charge in [0.1, 0.15) is 12.4 Å². The van der Waals surface area contributed by atoms with Crippen LogP contribution in [0.25, 0.3) is 0 Å². The summed E-state index contributed by atoms with van der Waals surface area (Å²) in [6.07, 6.45) is 2.08. The number of halogens is 2. The lowest BCUT2D eigenvalue weighted by atomic mass is 10.2. The van der Waals surface area contributed by atoms with Crippen molar-refractivity contribution in [3.63, 3.8) is 0 Å². The second-order valence-electron chi connectivity index (χ2n) is 4.45. The molecular formula is C16H17Cl2NOS. The van der Waals surface area contributed by atoms with Gasteiger partial charge in [0, 0.05) is 24.1 Å². The van der Waals surface area contributed by atoms with Gasteiger partial charge in [-0.2, -0.15) is 0 Å². The van der Waals surface area contributed by atoms with Crippen molar-refractivity contribution in [3.05, 3.63) is 58.1 Å². The van der Waals surface area contributed by atoms with Crippen LogP contribution in [0.2, 0.25) is 10.0 Å². The topological polar surface area (TPSA) is 21.3 Å². The van der Waals surface area contributed by atoms with Crippen LogP contribution in [0, 0.1) is 0 Å². The van der Waals surface area contributed by atoms with Crippen molar-refractivity contribution in [2.24, 2.45) is 0 Å². The summed E-state index contributed by atoms with van der Waals surface area (Å²) in [6.45, 7) is 2.19. The average molecular weight is 342 g/mol. The molecule has 21 heavy (non-hydrogen) atoms. The van der Waals surface area contributed by atoms with E-state index in [0.717, 1.165) is 18.8 Å². The third-order valence-corrected chi connectivity index (χ3v) is 4.41. The first-order valence-electron chi connectivity index (χ1n) is 6.60. The number of ether oxygens (including phenoxy) is 1. The van der Waals surface area contributed by atoms with Gasteiger partial charge in [0.15, 0.2) is 0 Å². The molecule has 0 aliphatic carbocycles. The molecule has 0 spiro atoms. The quantitative estimate of drug-likeness (QED) is 0.572. The maximum absolute atomic E-state index is 5.93. The van der Waals surface area contributed by atoms with Crippen LogP contribution in [0.15, 0.2) is 47.4 Å². The summed E-state index contributed by atoms with van der Waals surface area (Å²) in [7, 11) is 0. The Balaban J connectivity index is 1.68. The van der Waals surface area contributed by atoms with Crippen molar-refractivity contribution in [1.82, 2.24) is 5.32 Å². The lowest BCUT2D eigenvalue weighted by Crippen LogP contribution is -2.20. The van der Waals surface area contributed by atoms with Gasteiger partial charge < -0.3 is 10.1 Å². The maximum Gasteiger partial charge on any atom is 0.120 e. The van der Waals surface area contributed by atoms with Crippen LogP contribution in [0.5, 0.6) is 5.75 Å². The highest BCUT2D eigenvalue weighted by Gasteiger charge is 2.00. The summed E-state index contributed by atoms with van der Waals surface area (Å²) in [6, 6.07) is 13.8. The highest BCUT2D eigenvalue weighted by Crippen LogP contribution is 2.26. The fraction of sp³-hybridized carbons (Fsp3) is 0.250. The van der Waals surface area contributed by atoms with E-state index in [4.69, 9.17) is 27.9 Å². The average Bonchev–Trinajstić information content (AvgIpc) is 2.51. The van der Waals surface area contributed by atoms with Gasteiger partial charge in [0.25, 0.3) is 0 Å². The summed E-state index contributed by atoms with van der Waals surface area (Å²) < 4.78 is 5.61. The molecule has 112 valence electrons. The zero-order valence-corrected chi connectivity index (χ0v) is 14.1. The Hall–Kier alpha value is -0.870. The minimum absolute atomic E-state index is 0.510. The molecule has 0 fully saturated rings. The molecule has 2 aromatic rings. The smallest absolute Gasteiger partial charge is 0.120 e. The van der Waals surface area contributed by atoms with Crippen molar-refractivity contribution in [1.29, 1.82) is 0 Å². The first-order valence-corrected chi connectivity index (χ1v) is 8.58. The molecule has 0 radical (unpaired) electrons. The Morgan fingerprint density at radius 1 is 1.05 bits per heavy atom. The monoisotopic (exact) mass is 341 g/mol. The highest BCUT2D eigenvalue weighted by atomic mass is 35.5. The van der Waals surface area contributed by atoms with Crippen LogP contribution in [-0.4, -0.2) is 19.4 Å². The second kappa shape index (κ2) is 8.54. The van der Waals surface area contributed by atoms with Crippen LogP contribution in [0.1, 0.15) is 5.56 Å². The van der Waals surface area contributed by atoms with Crippen molar-refractivity contribution >= 4 is 35.0 Å². The number of nitrogens with one attached hydrogen (secondary N) is 1. The van der Waals surface area contributed by atoms with Gasteiger partial charge in [-0.3, -0.25) is 0 Å². The Bertz CT molecular complexity index is 575. The van der Waals surface area contributed by atoms with Gasteiger partial charge in [-0.1, -0.05) is 35.3 Å². The minimum atomic E-state index is 0.510. The molecule has 0 amide bonds. The summed E-state index contributed by atoms with van der Waals surface area (Å²) in [5, 5.41) is 4.39. The Morgan fingerprint density at radius 2 is 1.81 bits per heavy atom. The van der Waals surface area contributed by atoms with E-state index in [1.54, 1.807) is 23.9 Å². The van der Waals surface area contributed by atoms with Crippen molar-refractivity contribution in [2.75, 3.05) is 19.4 Å². The van der Waals surface area contributed by atoms with Crippen LogP contribution < -0.4 is 10.1 Å². The number of hydrogen-bond acceptors (Lipinski definition) is 3. The Morgan fingerprint density at radius 3 is 2.48 bits per heavy atom. The van der Waals surface area contributed by atoms with Crippen molar-refractivity contribution < 1.29 is 4.74 Å². The molecule has 0 aromatic heterocycles. The molecule has 5 heteroatoms. The normalized spacial score (nSPS) is 10.6. The zero-order valence-electron chi connectivity index (χ0n) is 11.7. The summed E-state index contributed by atoms with van der Waals surface area (Å²) >= 11 is 13.5. The molecule has 0 bridgehead atoms. The van der Waals surface area contributed by atoms with Gasteiger partial charge >= 0.3 is 0 Å². The van der Waals surface area contributed by atoms with Gasteiger partial charge in [-0.15, -0.1) is 11.8 Å². The molecule has 2 rings (SSSR count). The van der Waals surface area contributed by atoms with Gasteiger partial charge in [-0.05, 0) is 36.1 Å². The van der Waals surface area contributed by atoms with Crippen molar-refractivity contribution in [2.45, 2.75) is 11.4 Å². The molecule has 0 saturated carbocycles. The number of benzene rings is 2. The van der Waals surface area contributed by atoms with E-state index in [-0.39, 0.29) is 0 Å². The standard InChI is InChI=1S/C16H17Cl2NOS/c1-21-14-5-2-12(3-6-14)11-19-8-9-20-13-4-7-15(17)16(18)10-13/h2-7,10,19H,8-9,11H2,1H3. The lowest BCUT2D eigenvalue weighted by Gasteiger charge is -2.08. The van der Waals surface area contributed by atoms with Crippen molar-refractivity contribution in [3.8, 4) is 5.75 Å². The van der Waals surface area contributed by atoms with Crippen LogP contribution in [-0.2, 0) is 6.54 Å². The van der Waals surface area contributed by atoms with Crippen LogP contribution >= 0.6 is 35.0 Å². The van der Waals surface area contributed by atoms with E-state index in [0.29, 0.717) is 16.7 Å². The van der Waals surface area contributed by atoms with E-state index >= 15 is 0 Å². The summed E-state index contributed by atoms with van der Waals surface area (Å²) in [5.74, 6) is 0.732. The fourth-order valence-corrected chi connectivity index (χ4v) is 2.48.